The maximum absolute atomic E-state index is 12.9. The molecule has 0 unspecified atom stereocenters. The molecule has 1 fully saturated rings. The minimum absolute atomic E-state index is 0.308. The van der Waals surface area contributed by atoms with E-state index in [-0.39, 0.29) is 5.82 Å². The van der Waals surface area contributed by atoms with Crippen LogP contribution in [0, 0.1) is 17.7 Å². The molecule has 8 heteroatoms. The summed E-state index contributed by atoms with van der Waals surface area (Å²) in [6, 6.07) is 7.69. The Bertz CT molecular complexity index is 877. The summed E-state index contributed by atoms with van der Waals surface area (Å²) < 4.78 is 20.1. The molecule has 2 aromatic rings. The highest BCUT2D eigenvalue weighted by Crippen LogP contribution is 2.39. The van der Waals surface area contributed by atoms with Crippen molar-refractivity contribution in [2.24, 2.45) is 11.8 Å². The number of nitrogens with zero attached hydrogens (tertiary/aromatic N) is 2. The van der Waals surface area contributed by atoms with Crippen LogP contribution in [-0.2, 0) is 20.9 Å². The molecule has 0 spiro atoms. The molecule has 1 amide bonds. The van der Waals surface area contributed by atoms with E-state index in [0.717, 1.165) is 5.56 Å². The first-order chi connectivity index (χ1) is 12.5. The van der Waals surface area contributed by atoms with Gasteiger partial charge in [-0.1, -0.05) is 24.3 Å². The van der Waals surface area contributed by atoms with Crippen molar-refractivity contribution in [3.63, 3.8) is 0 Å². The predicted octanol–water partition coefficient (Wildman–Crippen LogP) is 1.66. The molecule has 7 nitrogen and oxygen atoms in total. The van der Waals surface area contributed by atoms with Gasteiger partial charge >= 0.3 is 5.97 Å². The van der Waals surface area contributed by atoms with Crippen molar-refractivity contribution in [1.82, 2.24) is 9.78 Å². The second-order valence-corrected chi connectivity index (χ2v) is 6.35. The van der Waals surface area contributed by atoms with E-state index < -0.39 is 35.9 Å². The number of nitrogens with one attached hydrogen (secondary N) is 1. The molecule has 1 saturated heterocycles. The van der Waals surface area contributed by atoms with Gasteiger partial charge in [0.2, 0.25) is 5.91 Å². The molecule has 2 N–H and O–H groups in total. The number of anilines is 1. The van der Waals surface area contributed by atoms with Crippen molar-refractivity contribution in [2.75, 3.05) is 5.32 Å². The highest BCUT2D eigenvalue weighted by molar-refractivity contribution is 5.96. The number of fused-ring (bicyclic) bond motifs is 2. The van der Waals surface area contributed by atoms with Gasteiger partial charge in [-0.3, -0.25) is 14.3 Å². The molecule has 2 aliphatic rings. The number of ether oxygens (including phenoxy) is 1. The van der Waals surface area contributed by atoms with Gasteiger partial charge in [0.25, 0.3) is 0 Å². The zero-order chi connectivity index (χ0) is 18.3. The average molecular weight is 357 g/mol. The number of carboxylic acids is 1. The molecular formula is C18H16FN3O4. The average Bonchev–Trinajstić information content (AvgIpc) is 3.32. The van der Waals surface area contributed by atoms with Crippen molar-refractivity contribution >= 4 is 17.7 Å². The Kier molecular flexibility index (Phi) is 4.04. The number of benzene rings is 1. The molecule has 26 heavy (non-hydrogen) atoms. The van der Waals surface area contributed by atoms with Gasteiger partial charge in [-0.15, -0.1) is 0 Å². The lowest BCUT2D eigenvalue weighted by atomic mass is 9.82. The lowest BCUT2D eigenvalue weighted by Gasteiger charge is -2.20. The number of carboxylic acid groups (broad SMARTS) is 1. The molecule has 1 aromatic heterocycles. The monoisotopic (exact) mass is 357 g/mol. The van der Waals surface area contributed by atoms with Gasteiger partial charge in [0.15, 0.2) is 5.82 Å². The molecule has 4 atom stereocenters. The summed E-state index contributed by atoms with van der Waals surface area (Å²) in [6.45, 7) is 0.424. The van der Waals surface area contributed by atoms with Gasteiger partial charge in [-0.2, -0.15) is 5.10 Å². The minimum Gasteiger partial charge on any atom is -0.481 e. The van der Waals surface area contributed by atoms with Crippen molar-refractivity contribution in [3.8, 4) is 0 Å². The Morgan fingerprint density at radius 3 is 2.54 bits per heavy atom. The lowest BCUT2D eigenvalue weighted by Crippen LogP contribution is -2.39. The third-order valence-electron chi connectivity index (χ3n) is 4.64. The number of amides is 1. The molecule has 134 valence electrons. The number of rotatable bonds is 5. The second-order valence-electron chi connectivity index (χ2n) is 6.35. The summed E-state index contributed by atoms with van der Waals surface area (Å²) in [4.78, 5) is 24.0. The molecule has 2 bridgehead atoms. The zero-order valence-electron chi connectivity index (χ0n) is 13.6. The predicted molar refractivity (Wildman–Crippen MR) is 88.8 cm³/mol. The van der Waals surface area contributed by atoms with E-state index in [1.165, 1.54) is 12.1 Å². The van der Waals surface area contributed by atoms with E-state index in [9.17, 15) is 19.1 Å². The number of hydrogen-bond donors (Lipinski definition) is 2. The molecule has 3 heterocycles. The van der Waals surface area contributed by atoms with E-state index in [1.807, 2.05) is 0 Å². The first-order valence-electron chi connectivity index (χ1n) is 8.16. The maximum Gasteiger partial charge on any atom is 0.310 e. The summed E-state index contributed by atoms with van der Waals surface area (Å²) in [5, 5.41) is 16.3. The summed E-state index contributed by atoms with van der Waals surface area (Å²) in [5.41, 5.74) is 0.866. The Labute approximate surface area is 148 Å². The van der Waals surface area contributed by atoms with Crippen molar-refractivity contribution in [3.05, 3.63) is 60.1 Å². The number of hydrogen-bond acceptors (Lipinski definition) is 4. The van der Waals surface area contributed by atoms with Crippen LogP contribution in [0.4, 0.5) is 10.2 Å². The summed E-state index contributed by atoms with van der Waals surface area (Å²) in [5.74, 6) is -3.15. The van der Waals surface area contributed by atoms with Crippen molar-refractivity contribution in [1.29, 1.82) is 0 Å². The number of aromatic nitrogens is 2. The van der Waals surface area contributed by atoms with E-state index >= 15 is 0 Å². The SMILES string of the molecule is O=C(Nc1ccn(Cc2ccc(F)cc2)n1)[C@@H]1[C@H](C(=O)O)[C@@H]2C=C[C@H]1O2. The van der Waals surface area contributed by atoms with Gasteiger partial charge in [0.05, 0.1) is 24.7 Å². The fourth-order valence-corrected chi connectivity index (χ4v) is 3.42. The topological polar surface area (TPSA) is 93.5 Å². The van der Waals surface area contributed by atoms with Crippen LogP contribution in [-0.4, -0.2) is 39.0 Å². The van der Waals surface area contributed by atoms with Gasteiger partial charge in [-0.25, -0.2) is 4.39 Å². The molecule has 2 aliphatic heterocycles. The molecular weight excluding hydrogens is 341 g/mol. The molecule has 0 aliphatic carbocycles. The van der Waals surface area contributed by atoms with Crippen LogP contribution >= 0.6 is 0 Å². The Hall–Kier alpha value is -3.00. The van der Waals surface area contributed by atoms with E-state index in [4.69, 9.17) is 4.74 Å². The fourth-order valence-electron chi connectivity index (χ4n) is 3.42. The summed E-state index contributed by atoms with van der Waals surface area (Å²) in [6.07, 6.45) is 4.00. The fraction of sp³-hybridized carbons (Fsp3) is 0.278. The zero-order valence-corrected chi connectivity index (χ0v) is 13.6. The van der Waals surface area contributed by atoms with Crippen LogP contribution < -0.4 is 5.32 Å². The third kappa shape index (κ3) is 2.99. The second kappa shape index (κ2) is 6.38. The Morgan fingerprint density at radius 2 is 1.85 bits per heavy atom. The number of aliphatic carboxylic acids is 1. The largest absolute Gasteiger partial charge is 0.481 e. The van der Waals surface area contributed by atoms with Crippen LogP contribution in [0.25, 0.3) is 0 Å². The van der Waals surface area contributed by atoms with Crippen LogP contribution in [0.2, 0.25) is 0 Å². The highest BCUT2D eigenvalue weighted by atomic mass is 19.1. The lowest BCUT2D eigenvalue weighted by molar-refractivity contribution is -0.145. The van der Waals surface area contributed by atoms with Crippen molar-refractivity contribution < 1.29 is 23.8 Å². The van der Waals surface area contributed by atoms with E-state index in [1.54, 1.807) is 41.2 Å². The normalized spacial score (nSPS) is 26.2. The third-order valence-corrected chi connectivity index (χ3v) is 4.64. The first kappa shape index (κ1) is 16.5. The summed E-state index contributed by atoms with van der Waals surface area (Å²) in [7, 11) is 0. The maximum atomic E-state index is 12.9. The van der Waals surface area contributed by atoms with Crippen molar-refractivity contribution in [2.45, 2.75) is 18.8 Å². The van der Waals surface area contributed by atoms with E-state index in [2.05, 4.69) is 10.4 Å². The van der Waals surface area contributed by atoms with Crippen LogP contribution in [0.5, 0.6) is 0 Å². The molecule has 4 rings (SSSR count). The number of halogens is 1. The number of carbonyl (C=O) groups excluding carboxylic acids is 1. The van der Waals surface area contributed by atoms with Gasteiger partial charge < -0.3 is 15.2 Å². The minimum atomic E-state index is -1.05. The Balaban J connectivity index is 1.44. The van der Waals surface area contributed by atoms with Gasteiger partial charge in [0.1, 0.15) is 11.7 Å². The molecule has 0 radical (unpaired) electrons. The first-order valence-corrected chi connectivity index (χ1v) is 8.16. The quantitative estimate of drug-likeness (QED) is 0.794. The van der Waals surface area contributed by atoms with Crippen LogP contribution in [0.3, 0.4) is 0 Å². The van der Waals surface area contributed by atoms with Crippen LogP contribution in [0.15, 0.2) is 48.7 Å². The highest BCUT2D eigenvalue weighted by Gasteiger charge is 2.53. The van der Waals surface area contributed by atoms with Crippen LogP contribution in [0.1, 0.15) is 5.56 Å². The van der Waals surface area contributed by atoms with Gasteiger partial charge in [-0.05, 0) is 17.7 Å². The van der Waals surface area contributed by atoms with Gasteiger partial charge in [0, 0.05) is 12.3 Å². The summed E-state index contributed by atoms with van der Waals surface area (Å²) >= 11 is 0. The van der Waals surface area contributed by atoms with E-state index in [0.29, 0.717) is 12.4 Å². The Morgan fingerprint density at radius 1 is 1.15 bits per heavy atom. The molecule has 1 aromatic carbocycles. The number of carbonyl (C=O) groups is 2. The smallest absolute Gasteiger partial charge is 0.310 e. The molecule has 0 saturated carbocycles. The standard InChI is InChI=1S/C18H16FN3O4/c19-11-3-1-10(2-4-11)9-22-8-7-14(21-22)20-17(23)15-12-5-6-13(26-12)16(15)18(24)25/h1-8,12-13,15-16H,9H2,(H,24,25)(H,20,21,23)/t12-,13+,15+,16-/m1/s1.